The molecular formula is C27H39N3O5. The first-order valence-corrected chi connectivity index (χ1v) is 12.8. The van der Waals surface area contributed by atoms with Gasteiger partial charge in [-0.05, 0) is 30.7 Å². The zero-order valence-electron chi connectivity index (χ0n) is 20.9. The van der Waals surface area contributed by atoms with E-state index in [0.717, 1.165) is 31.2 Å². The monoisotopic (exact) mass is 485 g/mol. The first-order valence-electron chi connectivity index (χ1n) is 12.8. The molecule has 1 heterocycles. The van der Waals surface area contributed by atoms with Gasteiger partial charge in [0.2, 0.25) is 11.8 Å². The molecule has 0 unspecified atom stereocenters. The fourth-order valence-corrected chi connectivity index (χ4v) is 5.00. The molecule has 1 aliphatic carbocycles. The lowest BCUT2D eigenvalue weighted by molar-refractivity contribution is -0.127. The number of carbonyl (C=O) groups is 4. The highest BCUT2D eigenvalue weighted by molar-refractivity contribution is 5.88. The maximum Gasteiger partial charge on any atom is 0.407 e. The molecule has 3 atom stereocenters. The number of rotatable bonds is 11. The zero-order valence-corrected chi connectivity index (χ0v) is 20.9. The average Bonchev–Trinajstić information content (AvgIpc) is 3.27. The van der Waals surface area contributed by atoms with Crippen LogP contribution in [0.5, 0.6) is 0 Å². The molecule has 8 nitrogen and oxygen atoms in total. The summed E-state index contributed by atoms with van der Waals surface area (Å²) in [6.07, 6.45) is 6.86. The SMILES string of the molecule is CC(C)(COC(=O)N[C@@H](CC1CCCCC1)C(=O)N[C@H](C=O)C[C@@H]1CCNC1=O)c1ccccc1. The summed E-state index contributed by atoms with van der Waals surface area (Å²) in [5.74, 6) is -0.464. The van der Waals surface area contributed by atoms with Crippen LogP contribution < -0.4 is 16.0 Å². The van der Waals surface area contributed by atoms with Crippen molar-refractivity contribution in [2.75, 3.05) is 13.2 Å². The number of amides is 3. The lowest BCUT2D eigenvalue weighted by Gasteiger charge is -2.28. The van der Waals surface area contributed by atoms with E-state index in [-0.39, 0.29) is 30.3 Å². The van der Waals surface area contributed by atoms with Crippen molar-refractivity contribution in [2.45, 2.75) is 82.7 Å². The smallest absolute Gasteiger partial charge is 0.407 e. The lowest BCUT2D eigenvalue weighted by Crippen LogP contribution is -2.51. The van der Waals surface area contributed by atoms with Gasteiger partial charge in [-0.1, -0.05) is 76.3 Å². The van der Waals surface area contributed by atoms with Crippen LogP contribution in [-0.2, 0) is 24.5 Å². The van der Waals surface area contributed by atoms with Gasteiger partial charge in [-0.3, -0.25) is 9.59 Å². The van der Waals surface area contributed by atoms with Crippen LogP contribution in [0.3, 0.4) is 0 Å². The number of hydrogen-bond donors (Lipinski definition) is 3. The molecule has 2 aliphatic rings. The van der Waals surface area contributed by atoms with Gasteiger partial charge in [-0.15, -0.1) is 0 Å². The van der Waals surface area contributed by atoms with Crippen LogP contribution in [0, 0.1) is 11.8 Å². The summed E-state index contributed by atoms with van der Waals surface area (Å²) < 4.78 is 5.53. The van der Waals surface area contributed by atoms with E-state index in [1.165, 1.54) is 6.42 Å². The summed E-state index contributed by atoms with van der Waals surface area (Å²) >= 11 is 0. The predicted molar refractivity (Wildman–Crippen MR) is 133 cm³/mol. The summed E-state index contributed by atoms with van der Waals surface area (Å²) in [6, 6.07) is 8.23. The first kappa shape index (κ1) is 26.7. The fraction of sp³-hybridized carbons (Fsp3) is 0.630. The van der Waals surface area contributed by atoms with Crippen LogP contribution in [0.15, 0.2) is 30.3 Å². The molecule has 35 heavy (non-hydrogen) atoms. The Balaban J connectivity index is 1.60. The minimum Gasteiger partial charge on any atom is -0.449 e. The number of aldehydes is 1. The van der Waals surface area contributed by atoms with E-state index in [2.05, 4.69) is 16.0 Å². The summed E-state index contributed by atoms with van der Waals surface area (Å²) in [5, 5.41) is 8.25. The molecule has 0 aromatic heterocycles. The topological polar surface area (TPSA) is 114 Å². The van der Waals surface area contributed by atoms with E-state index in [0.29, 0.717) is 31.6 Å². The minimum absolute atomic E-state index is 0.0902. The molecule has 3 N–H and O–H groups in total. The van der Waals surface area contributed by atoms with Gasteiger partial charge in [0.25, 0.3) is 0 Å². The molecule has 1 saturated heterocycles. The van der Waals surface area contributed by atoms with Crippen molar-refractivity contribution >= 4 is 24.2 Å². The second-order valence-electron chi connectivity index (χ2n) is 10.5. The summed E-state index contributed by atoms with van der Waals surface area (Å²) in [5.41, 5.74) is 0.665. The van der Waals surface area contributed by atoms with Crippen LogP contribution >= 0.6 is 0 Å². The van der Waals surface area contributed by atoms with E-state index in [4.69, 9.17) is 4.74 Å². The van der Waals surface area contributed by atoms with E-state index in [9.17, 15) is 19.2 Å². The Kier molecular flexibility index (Phi) is 9.69. The van der Waals surface area contributed by atoms with E-state index >= 15 is 0 Å². The second-order valence-corrected chi connectivity index (χ2v) is 10.5. The van der Waals surface area contributed by atoms with Crippen molar-refractivity contribution in [3.8, 4) is 0 Å². The Morgan fingerprint density at radius 2 is 1.80 bits per heavy atom. The number of hydrogen-bond acceptors (Lipinski definition) is 5. The number of ether oxygens (including phenoxy) is 1. The molecule has 2 fully saturated rings. The molecular weight excluding hydrogens is 446 g/mol. The van der Waals surface area contributed by atoms with E-state index in [1.807, 2.05) is 44.2 Å². The predicted octanol–water partition coefficient (Wildman–Crippen LogP) is 3.24. The van der Waals surface area contributed by atoms with Crippen LogP contribution in [0.25, 0.3) is 0 Å². The summed E-state index contributed by atoms with van der Waals surface area (Å²) in [7, 11) is 0. The quantitative estimate of drug-likeness (QED) is 0.417. The van der Waals surface area contributed by atoms with Crippen molar-refractivity contribution in [3.63, 3.8) is 0 Å². The number of carbonyl (C=O) groups excluding carboxylic acids is 4. The largest absolute Gasteiger partial charge is 0.449 e. The molecule has 0 radical (unpaired) electrons. The first-order chi connectivity index (χ1) is 16.8. The third-order valence-electron chi connectivity index (χ3n) is 7.21. The highest BCUT2D eigenvalue weighted by Gasteiger charge is 2.32. The van der Waals surface area contributed by atoms with Crippen LogP contribution in [0.4, 0.5) is 4.79 Å². The summed E-state index contributed by atoms with van der Waals surface area (Å²) in [4.78, 5) is 49.4. The molecule has 0 bridgehead atoms. The number of alkyl carbamates (subject to hydrolysis) is 1. The summed E-state index contributed by atoms with van der Waals surface area (Å²) in [6.45, 7) is 4.74. The van der Waals surface area contributed by atoms with Crippen LogP contribution in [-0.4, -0.2) is 49.4 Å². The van der Waals surface area contributed by atoms with Crippen molar-refractivity contribution in [1.82, 2.24) is 16.0 Å². The van der Waals surface area contributed by atoms with Crippen LogP contribution in [0.1, 0.15) is 70.8 Å². The fourth-order valence-electron chi connectivity index (χ4n) is 5.00. The lowest BCUT2D eigenvalue weighted by atomic mass is 9.84. The highest BCUT2D eigenvalue weighted by Crippen LogP contribution is 2.28. The minimum atomic E-state index is -0.801. The van der Waals surface area contributed by atoms with Gasteiger partial charge >= 0.3 is 6.09 Å². The van der Waals surface area contributed by atoms with Gasteiger partial charge in [0, 0.05) is 17.9 Å². The van der Waals surface area contributed by atoms with Gasteiger partial charge in [0.1, 0.15) is 18.9 Å². The Morgan fingerprint density at radius 3 is 2.43 bits per heavy atom. The van der Waals surface area contributed by atoms with Crippen LogP contribution in [0.2, 0.25) is 0 Å². The highest BCUT2D eigenvalue weighted by atomic mass is 16.5. The van der Waals surface area contributed by atoms with Crippen molar-refractivity contribution < 1.29 is 23.9 Å². The molecule has 8 heteroatoms. The molecule has 1 aliphatic heterocycles. The molecule has 192 valence electrons. The Bertz CT molecular complexity index is 867. The maximum atomic E-state index is 13.2. The van der Waals surface area contributed by atoms with Gasteiger partial charge in [-0.2, -0.15) is 0 Å². The van der Waals surface area contributed by atoms with Crippen molar-refractivity contribution in [3.05, 3.63) is 35.9 Å². The van der Waals surface area contributed by atoms with Gasteiger partial charge in [-0.25, -0.2) is 4.79 Å². The molecule has 3 rings (SSSR count). The average molecular weight is 486 g/mol. The van der Waals surface area contributed by atoms with Crippen molar-refractivity contribution in [1.29, 1.82) is 0 Å². The second kappa shape index (κ2) is 12.7. The zero-order chi connectivity index (χ0) is 25.3. The third kappa shape index (κ3) is 8.08. The molecule has 1 aromatic carbocycles. The third-order valence-corrected chi connectivity index (χ3v) is 7.21. The van der Waals surface area contributed by atoms with E-state index in [1.54, 1.807) is 0 Å². The molecule has 1 aromatic rings. The van der Waals surface area contributed by atoms with Gasteiger partial charge < -0.3 is 25.5 Å². The number of nitrogens with one attached hydrogen (secondary N) is 3. The Labute approximate surface area is 207 Å². The Morgan fingerprint density at radius 1 is 1.09 bits per heavy atom. The standard InChI is InChI=1S/C27H39N3O5/c1-27(2,21-11-7-4-8-12-21)18-35-26(34)30-23(15-19-9-5-3-6-10-19)25(33)29-22(17-31)16-20-13-14-28-24(20)32/h4,7-8,11-12,17,19-20,22-23H,3,5-6,9-10,13-16,18H2,1-2H3,(H,28,32)(H,29,33)(H,30,34)/t20-,22-,23-/m0/s1. The molecule has 0 spiro atoms. The van der Waals surface area contributed by atoms with E-state index < -0.39 is 24.1 Å². The van der Waals surface area contributed by atoms with Crippen molar-refractivity contribution in [2.24, 2.45) is 11.8 Å². The molecule has 3 amide bonds. The maximum absolute atomic E-state index is 13.2. The van der Waals surface area contributed by atoms with Gasteiger partial charge in [0.05, 0.1) is 6.04 Å². The Hall–Kier alpha value is -2.90. The van der Waals surface area contributed by atoms with Gasteiger partial charge in [0.15, 0.2) is 0 Å². The molecule has 1 saturated carbocycles. The normalized spacial score (nSPS) is 20.4. The number of benzene rings is 1.